The maximum absolute atomic E-state index is 12.8. The molecule has 3 heterocycles. The van der Waals surface area contributed by atoms with Gasteiger partial charge in [-0.2, -0.15) is 0 Å². The first-order chi connectivity index (χ1) is 15.8. The number of amides is 1. The summed E-state index contributed by atoms with van der Waals surface area (Å²) in [5.41, 5.74) is 2.00. The zero-order valence-corrected chi connectivity index (χ0v) is 18.6. The van der Waals surface area contributed by atoms with Crippen molar-refractivity contribution in [1.29, 1.82) is 0 Å². The van der Waals surface area contributed by atoms with Crippen LogP contribution in [0, 0.1) is 0 Å². The van der Waals surface area contributed by atoms with Gasteiger partial charge in [0.05, 0.1) is 12.1 Å². The van der Waals surface area contributed by atoms with Crippen LogP contribution in [0.3, 0.4) is 0 Å². The molecule has 2 aliphatic rings. The molecule has 1 aromatic heterocycles. The number of nitrogens with zero attached hydrogens (tertiary/aromatic N) is 5. The quantitative estimate of drug-likeness (QED) is 0.631. The van der Waals surface area contributed by atoms with Crippen molar-refractivity contribution in [3.63, 3.8) is 0 Å². The Hall–Kier alpha value is -2.99. The minimum absolute atomic E-state index is 0.291. The van der Waals surface area contributed by atoms with Crippen molar-refractivity contribution in [3.05, 3.63) is 54.6 Å². The molecule has 0 spiro atoms. The first kappa shape index (κ1) is 20.9. The fourth-order valence-corrected chi connectivity index (χ4v) is 4.75. The van der Waals surface area contributed by atoms with Crippen LogP contribution < -0.4 is 4.90 Å². The lowest BCUT2D eigenvalue weighted by atomic mass is 10.1. The third-order valence-corrected chi connectivity index (χ3v) is 6.60. The fraction of sp³-hybridized carbons (Fsp3) is 0.423. The van der Waals surface area contributed by atoms with Gasteiger partial charge in [0.2, 0.25) is 5.91 Å². The van der Waals surface area contributed by atoms with Crippen molar-refractivity contribution in [1.82, 2.24) is 19.8 Å². The van der Waals surface area contributed by atoms with Gasteiger partial charge in [-0.3, -0.25) is 9.69 Å². The van der Waals surface area contributed by atoms with Gasteiger partial charge in [-0.05, 0) is 25.0 Å². The average Bonchev–Trinajstić information content (AvgIpc) is 3.14. The topological polar surface area (TPSA) is 52.6 Å². The summed E-state index contributed by atoms with van der Waals surface area (Å²) in [5, 5.41) is 1.08. The molecule has 2 saturated heterocycles. The number of likely N-dealkylation sites (tertiary alicyclic amines) is 1. The van der Waals surface area contributed by atoms with Crippen molar-refractivity contribution in [2.45, 2.75) is 25.7 Å². The Labute approximate surface area is 189 Å². The van der Waals surface area contributed by atoms with E-state index in [1.54, 1.807) is 0 Å². The van der Waals surface area contributed by atoms with E-state index in [1.807, 2.05) is 30.3 Å². The van der Waals surface area contributed by atoms with Crippen LogP contribution in [-0.2, 0) is 4.79 Å². The number of rotatable bonds is 4. The monoisotopic (exact) mass is 429 g/mol. The molecule has 0 N–H and O–H groups in total. The van der Waals surface area contributed by atoms with Gasteiger partial charge in [0, 0.05) is 50.2 Å². The van der Waals surface area contributed by atoms with Crippen molar-refractivity contribution in [2.75, 3.05) is 50.7 Å². The van der Waals surface area contributed by atoms with Gasteiger partial charge in [0.1, 0.15) is 5.82 Å². The standard InChI is InChI=1S/C26H31N5O/c32-24(30-14-8-1-2-9-15-30)20-29-16-18-31(19-17-29)26-22-12-6-7-13-23(22)27-25(28-26)21-10-4-3-5-11-21/h3-7,10-13H,1-2,8-9,14-20H2. The second-order valence-electron chi connectivity index (χ2n) is 8.81. The molecule has 0 saturated carbocycles. The first-order valence-electron chi connectivity index (χ1n) is 11.9. The minimum Gasteiger partial charge on any atom is -0.353 e. The zero-order chi connectivity index (χ0) is 21.8. The number of piperazine rings is 1. The summed E-state index contributed by atoms with van der Waals surface area (Å²) < 4.78 is 0. The highest BCUT2D eigenvalue weighted by Crippen LogP contribution is 2.28. The molecule has 2 fully saturated rings. The van der Waals surface area contributed by atoms with Gasteiger partial charge in [-0.1, -0.05) is 55.3 Å². The van der Waals surface area contributed by atoms with Crippen LogP contribution in [0.5, 0.6) is 0 Å². The lowest BCUT2D eigenvalue weighted by Gasteiger charge is -2.36. The predicted octanol–water partition coefficient (Wildman–Crippen LogP) is 3.82. The molecule has 0 bridgehead atoms. The van der Waals surface area contributed by atoms with Crippen molar-refractivity contribution >= 4 is 22.6 Å². The normalized spacial score (nSPS) is 18.0. The van der Waals surface area contributed by atoms with E-state index in [2.05, 4.69) is 39.0 Å². The summed E-state index contributed by atoms with van der Waals surface area (Å²) in [7, 11) is 0. The molecular weight excluding hydrogens is 398 g/mol. The number of benzene rings is 2. The van der Waals surface area contributed by atoms with Gasteiger partial charge in [0.15, 0.2) is 5.82 Å². The van der Waals surface area contributed by atoms with Crippen LogP contribution in [0.1, 0.15) is 25.7 Å². The van der Waals surface area contributed by atoms with E-state index in [1.165, 1.54) is 12.8 Å². The van der Waals surface area contributed by atoms with Crippen LogP contribution in [0.15, 0.2) is 54.6 Å². The van der Waals surface area contributed by atoms with E-state index in [4.69, 9.17) is 9.97 Å². The SMILES string of the molecule is O=C(CN1CCN(c2nc(-c3ccccc3)nc3ccccc23)CC1)N1CCCCCC1. The summed E-state index contributed by atoms with van der Waals surface area (Å²) in [6, 6.07) is 18.4. The van der Waals surface area contributed by atoms with Crippen molar-refractivity contribution in [2.24, 2.45) is 0 Å². The van der Waals surface area contributed by atoms with E-state index in [-0.39, 0.29) is 0 Å². The molecule has 166 valence electrons. The maximum Gasteiger partial charge on any atom is 0.236 e. The minimum atomic E-state index is 0.291. The van der Waals surface area contributed by atoms with Crippen LogP contribution in [0.25, 0.3) is 22.3 Å². The van der Waals surface area contributed by atoms with E-state index < -0.39 is 0 Å². The molecule has 0 unspecified atom stereocenters. The van der Waals surface area contributed by atoms with Gasteiger partial charge in [-0.25, -0.2) is 9.97 Å². The lowest BCUT2D eigenvalue weighted by molar-refractivity contribution is -0.132. The Morgan fingerprint density at radius 2 is 1.44 bits per heavy atom. The lowest BCUT2D eigenvalue weighted by Crippen LogP contribution is -2.50. The Balaban J connectivity index is 1.31. The highest BCUT2D eigenvalue weighted by molar-refractivity contribution is 5.91. The number of para-hydroxylation sites is 1. The predicted molar refractivity (Wildman–Crippen MR) is 129 cm³/mol. The third kappa shape index (κ3) is 4.60. The number of hydrogen-bond acceptors (Lipinski definition) is 5. The van der Waals surface area contributed by atoms with Crippen LogP contribution >= 0.6 is 0 Å². The summed E-state index contributed by atoms with van der Waals surface area (Å²) in [4.78, 5) is 29.3. The van der Waals surface area contributed by atoms with E-state index >= 15 is 0 Å². The molecule has 2 aromatic carbocycles. The summed E-state index contributed by atoms with van der Waals surface area (Å²) in [6.07, 6.45) is 4.79. The Morgan fingerprint density at radius 1 is 0.750 bits per heavy atom. The van der Waals surface area contributed by atoms with Crippen LogP contribution in [0.2, 0.25) is 0 Å². The molecule has 3 aromatic rings. The summed E-state index contributed by atoms with van der Waals surface area (Å²) >= 11 is 0. The van der Waals surface area contributed by atoms with Crippen molar-refractivity contribution < 1.29 is 4.79 Å². The molecule has 0 radical (unpaired) electrons. The summed E-state index contributed by atoms with van der Waals surface area (Å²) in [6.45, 7) is 5.86. The van der Waals surface area contributed by atoms with Gasteiger partial charge in [0.25, 0.3) is 0 Å². The highest BCUT2D eigenvalue weighted by Gasteiger charge is 2.24. The molecule has 1 amide bonds. The molecule has 6 nitrogen and oxygen atoms in total. The highest BCUT2D eigenvalue weighted by atomic mass is 16.2. The van der Waals surface area contributed by atoms with Gasteiger partial charge in [-0.15, -0.1) is 0 Å². The number of carbonyl (C=O) groups is 1. The number of hydrogen-bond donors (Lipinski definition) is 0. The van der Waals surface area contributed by atoms with E-state index in [0.717, 1.165) is 80.2 Å². The van der Waals surface area contributed by atoms with Crippen LogP contribution in [-0.4, -0.2) is 71.5 Å². The Morgan fingerprint density at radius 3 is 2.19 bits per heavy atom. The summed E-state index contributed by atoms with van der Waals surface area (Å²) in [5.74, 6) is 2.05. The first-order valence-corrected chi connectivity index (χ1v) is 11.9. The van der Waals surface area contributed by atoms with E-state index in [9.17, 15) is 4.79 Å². The largest absolute Gasteiger partial charge is 0.353 e. The second-order valence-corrected chi connectivity index (χ2v) is 8.81. The Bertz CT molecular complexity index is 1050. The molecule has 2 aliphatic heterocycles. The average molecular weight is 430 g/mol. The number of anilines is 1. The molecular formula is C26H31N5O. The number of carbonyl (C=O) groups excluding carboxylic acids is 1. The second kappa shape index (κ2) is 9.65. The van der Waals surface area contributed by atoms with Gasteiger partial charge < -0.3 is 9.80 Å². The molecule has 6 heteroatoms. The molecule has 0 aliphatic carbocycles. The fourth-order valence-electron chi connectivity index (χ4n) is 4.75. The van der Waals surface area contributed by atoms with Gasteiger partial charge >= 0.3 is 0 Å². The Kier molecular flexibility index (Phi) is 6.30. The third-order valence-electron chi connectivity index (χ3n) is 6.60. The molecule has 32 heavy (non-hydrogen) atoms. The zero-order valence-electron chi connectivity index (χ0n) is 18.6. The maximum atomic E-state index is 12.8. The van der Waals surface area contributed by atoms with E-state index in [0.29, 0.717) is 12.5 Å². The van der Waals surface area contributed by atoms with Crippen molar-refractivity contribution in [3.8, 4) is 11.4 Å². The smallest absolute Gasteiger partial charge is 0.236 e. The van der Waals surface area contributed by atoms with Crippen LogP contribution in [0.4, 0.5) is 5.82 Å². The molecule has 0 atom stereocenters. The number of fused-ring (bicyclic) bond motifs is 1. The number of aromatic nitrogens is 2. The molecule has 5 rings (SSSR count).